The first kappa shape index (κ1) is 15.5. The maximum absolute atomic E-state index is 11.4. The molecule has 0 atom stereocenters. The largest absolute Gasteiger partial charge is 0.481 e. The highest BCUT2D eigenvalue weighted by molar-refractivity contribution is 8.01. The van der Waals surface area contributed by atoms with E-state index in [0.717, 1.165) is 30.2 Å². The highest BCUT2D eigenvalue weighted by atomic mass is 32.2. The number of thioether (sulfide) groups is 1. The van der Waals surface area contributed by atoms with Crippen molar-refractivity contribution >= 4 is 50.5 Å². The van der Waals surface area contributed by atoms with Crippen molar-refractivity contribution in [2.75, 3.05) is 17.6 Å². The van der Waals surface area contributed by atoms with Crippen LogP contribution in [0.2, 0.25) is 0 Å². The van der Waals surface area contributed by atoms with Crippen molar-refractivity contribution in [1.29, 1.82) is 0 Å². The van der Waals surface area contributed by atoms with Gasteiger partial charge in [0.1, 0.15) is 0 Å². The molecule has 0 aromatic carbocycles. The maximum Gasteiger partial charge on any atom is 0.422 e. The SMILES string of the molecule is COC(=O)NS(=O)(=O)Nc1nnc(SCC(=O)O)s1. The van der Waals surface area contributed by atoms with Gasteiger partial charge in [0, 0.05) is 0 Å². The zero-order valence-electron chi connectivity index (χ0n) is 9.31. The fourth-order valence-electron chi connectivity index (χ4n) is 0.725. The van der Waals surface area contributed by atoms with Crippen molar-refractivity contribution in [1.82, 2.24) is 14.9 Å². The Morgan fingerprint density at radius 2 is 2.16 bits per heavy atom. The first-order valence-corrected chi connectivity index (χ1v) is 7.67. The topological polar surface area (TPSA) is 148 Å². The number of anilines is 1. The van der Waals surface area contributed by atoms with E-state index in [1.54, 1.807) is 4.72 Å². The number of carboxylic acid groups (broad SMARTS) is 1. The van der Waals surface area contributed by atoms with Gasteiger partial charge in [-0.3, -0.25) is 4.79 Å². The Morgan fingerprint density at radius 1 is 1.47 bits per heavy atom. The van der Waals surface area contributed by atoms with Crippen molar-refractivity contribution in [2.45, 2.75) is 4.34 Å². The number of carboxylic acids is 1. The van der Waals surface area contributed by atoms with Crippen molar-refractivity contribution in [3.05, 3.63) is 0 Å². The van der Waals surface area contributed by atoms with Crippen LogP contribution in [0.25, 0.3) is 0 Å². The van der Waals surface area contributed by atoms with E-state index in [1.807, 2.05) is 4.72 Å². The van der Waals surface area contributed by atoms with Crippen LogP contribution >= 0.6 is 23.1 Å². The number of carbonyl (C=O) groups excluding carboxylic acids is 1. The fourth-order valence-corrected chi connectivity index (χ4v) is 3.17. The van der Waals surface area contributed by atoms with Crippen LogP contribution in [0.4, 0.5) is 9.93 Å². The van der Waals surface area contributed by atoms with Gasteiger partial charge in [-0.1, -0.05) is 23.1 Å². The minimum absolute atomic E-state index is 0.107. The predicted octanol–water partition coefficient (Wildman–Crippen LogP) is -0.273. The van der Waals surface area contributed by atoms with Gasteiger partial charge in [0.05, 0.1) is 12.9 Å². The molecule has 0 aliphatic rings. The molecule has 0 fully saturated rings. The summed E-state index contributed by atoms with van der Waals surface area (Å²) in [6.07, 6.45) is -1.16. The van der Waals surface area contributed by atoms with Crippen LogP contribution in [0.15, 0.2) is 4.34 Å². The Balaban J connectivity index is 2.62. The summed E-state index contributed by atoms with van der Waals surface area (Å²) in [5.74, 6) is -1.25. The third-order valence-corrected chi connectivity index (χ3v) is 4.33. The lowest BCUT2D eigenvalue weighted by molar-refractivity contribution is -0.133. The number of carbonyl (C=O) groups is 2. The average Bonchev–Trinajstić information content (AvgIpc) is 2.72. The van der Waals surface area contributed by atoms with Crippen molar-refractivity contribution < 1.29 is 27.9 Å². The zero-order chi connectivity index (χ0) is 14.5. The van der Waals surface area contributed by atoms with E-state index in [1.165, 1.54) is 0 Å². The lowest BCUT2D eigenvalue weighted by Gasteiger charge is -2.04. The number of rotatable bonds is 6. The second kappa shape index (κ2) is 6.53. The van der Waals surface area contributed by atoms with Crippen molar-refractivity contribution in [3.63, 3.8) is 0 Å². The molecule has 1 heterocycles. The van der Waals surface area contributed by atoms with Gasteiger partial charge >= 0.3 is 22.3 Å². The lowest BCUT2D eigenvalue weighted by atomic mass is 10.8. The van der Waals surface area contributed by atoms with Crippen LogP contribution in [0.1, 0.15) is 0 Å². The molecule has 19 heavy (non-hydrogen) atoms. The number of aromatic nitrogens is 2. The number of nitrogens with one attached hydrogen (secondary N) is 2. The van der Waals surface area contributed by atoms with E-state index in [-0.39, 0.29) is 15.2 Å². The minimum Gasteiger partial charge on any atom is -0.481 e. The van der Waals surface area contributed by atoms with Crippen LogP contribution < -0.4 is 9.44 Å². The van der Waals surface area contributed by atoms with E-state index in [2.05, 4.69) is 14.9 Å². The second-order valence-corrected chi connectivity index (χ2v) is 6.37. The number of aliphatic carboxylic acids is 1. The lowest BCUT2D eigenvalue weighted by Crippen LogP contribution is -2.35. The Morgan fingerprint density at radius 3 is 2.74 bits per heavy atom. The second-order valence-electron chi connectivity index (χ2n) is 2.75. The highest BCUT2D eigenvalue weighted by Gasteiger charge is 2.17. The van der Waals surface area contributed by atoms with Crippen LogP contribution in [-0.2, 0) is 19.7 Å². The van der Waals surface area contributed by atoms with Crippen molar-refractivity contribution in [2.24, 2.45) is 0 Å². The van der Waals surface area contributed by atoms with E-state index >= 15 is 0 Å². The molecule has 1 rings (SSSR count). The van der Waals surface area contributed by atoms with Gasteiger partial charge in [-0.25, -0.2) is 14.2 Å². The Labute approximate surface area is 115 Å². The molecule has 3 N–H and O–H groups in total. The summed E-state index contributed by atoms with van der Waals surface area (Å²) in [5.41, 5.74) is 0. The first-order valence-electron chi connectivity index (χ1n) is 4.39. The quantitative estimate of drug-likeness (QED) is 0.600. The molecule has 1 amide bonds. The summed E-state index contributed by atoms with van der Waals surface area (Å²) >= 11 is 1.72. The minimum atomic E-state index is -4.16. The molecule has 0 bridgehead atoms. The van der Waals surface area contributed by atoms with E-state index in [4.69, 9.17) is 5.11 Å². The maximum atomic E-state index is 11.4. The van der Waals surface area contributed by atoms with Gasteiger partial charge in [0.2, 0.25) is 5.13 Å². The zero-order valence-corrected chi connectivity index (χ0v) is 11.8. The fraction of sp³-hybridized carbons (Fsp3) is 0.333. The Bertz CT molecular complexity index is 569. The van der Waals surface area contributed by atoms with Crippen LogP contribution in [-0.4, -0.2) is 48.6 Å². The molecule has 0 saturated heterocycles. The summed E-state index contributed by atoms with van der Waals surface area (Å²) in [7, 11) is -3.15. The molecule has 0 spiro atoms. The highest BCUT2D eigenvalue weighted by Crippen LogP contribution is 2.25. The molecular weight excluding hydrogens is 320 g/mol. The molecule has 0 aliphatic carbocycles. The molecule has 0 aliphatic heterocycles. The van der Waals surface area contributed by atoms with Gasteiger partial charge < -0.3 is 9.84 Å². The number of hydrogen-bond acceptors (Lipinski definition) is 9. The van der Waals surface area contributed by atoms with Gasteiger partial charge in [-0.2, -0.15) is 8.42 Å². The summed E-state index contributed by atoms with van der Waals surface area (Å²) in [6.45, 7) is 0. The molecular formula is C6H8N4O6S3. The normalized spacial score (nSPS) is 10.8. The molecule has 106 valence electrons. The molecule has 0 unspecified atom stereocenters. The third kappa shape index (κ3) is 5.71. The molecule has 13 heteroatoms. The van der Waals surface area contributed by atoms with E-state index in [0.29, 0.717) is 0 Å². The van der Waals surface area contributed by atoms with Gasteiger partial charge in [-0.05, 0) is 0 Å². The van der Waals surface area contributed by atoms with Crippen LogP contribution in [0.3, 0.4) is 0 Å². The van der Waals surface area contributed by atoms with Gasteiger partial charge in [0.15, 0.2) is 4.34 Å². The Kier molecular flexibility index (Phi) is 5.31. The number of hydrogen-bond donors (Lipinski definition) is 3. The molecule has 1 aromatic rings. The smallest absolute Gasteiger partial charge is 0.422 e. The van der Waals surface area contributed by atoms with Gasteiger partial charge in [-0.15, -0.1) is 10.2 Å². The van der Waals surface area contributed by atoms with E-state index < -0.39 is 22.3 Å². The number of nitrogens with zero attached hydrogens (tertiary/aromatic N) is 2. The Hall–Kier alpha value is -1.60. The summed E-state index contributed by atoms with van der Waals surface area (Å²) < 4.78 is 30.6. The molecule has 10 nitrogen and oxygen atoms in total. The van der Waals surface area contributed by atoms with Gasteiger partial charge in [0.25, 0.3) is 0 Å². The summed E-state index contributed by atoms with van der Waals surface area (Å²) in [6, 6.07) is 0. The predicted molar refractivity (Wildman–Crippen MR) is 66.4 cm³/mol. The molecule has 1 aromatic heterocycles. The first-order chi connectivity index (χ1) is 8.82. The summed E-state index contributed by atoms with van der Waals surface area (Å²) in [5, 5.41) is 15.4. The summed E-state index contributed by atoms with van der Waals surface area (Å²) in [4.78, 5) is 21.1. The van der Waals surface area contributed by atoms with E-state index in [9.17, 15) is 18.0 Å². The number of ether oxygens (including phenoxy) is 1. The molecule has 0 radical (unpaired) electrons. The third-order valence-electron chi connectivity index (χ3n) is 1.35. The van der Waals surface area contributed by atoms with Crippen LogP contribution in [0.5, 0.6) is 0 Å². The number of methoxy groups -OCH3 is 1. The van der Waals surface area contributed by atoms with Crippen LogP contribution in [0, 0.1) is 0 Å². The van der Waals surface area contributed by atoms with Crippen molar-refractivity contribution in [3.8, 4) is 0 Å². The number of amides is 1. The standard InChI is InChI=1S/C6H8N4O6S3/c1-16-5(13)10-19(14,15)9-4-7-8-6(18-4)17-2-3(11)12/h2H2,1H3,(H,7,9)(H,10,13)(H,11,12). The monoisotopic (exact) mass is 328 g/mol. The molecule has 0 saturated carbocycles. The average molecular weight is 328 g/mol.